The summed E-state index contributed by atoms with van der Waals surface area (Å²) in [6, 6.07) is 10.0. The summed E-state index contributed by atoms with van der Waals surface area (Å²) in [5.41, 5.74) is 0.345. The summed E-state index contributed by atoms with van der Waals surface area (Å²) in [5.74, 6) is -0.282. The summed E-state index contributed by atoms with van der Waals surface area (Å²) in [6.07, 6.45) is 2.26. The van der Waals surface area contributed by atoms with E-state index in [9.17, 15) is 18.0 Å². The number of carboxylic acids is 1. The van der Waals surface area contributed by atoms with Gasteiger partial charge in [0.1, 0.15) is 12.2 Å². The maximum Gasteiger partial charge on any atom is 0.490 e. The second-order valence-corrected chi connectivity index (χ2v) is 7.04. The van der Waals surface area contributed by atoms with Crippen molar-refractivity contribution in [3.63, 3.8) is 0 Å². The van der Waals surface area contributed by atoms with Gasteiger partial charge in [0, 0.05) is 38.9 Å². The summed E-state index contributed by atoms with van der Waals surface area (Å²) in [4.78, 5) is 20.9. The van der Waals surface area contributed by atoms with Gasteiger partial charge < -0.3 is 20.5 Å². The highest BCUT2D eigenvalue weighted by molar-refractivity contribution is 5.77. The number of hydrogen-bond acceptors (Lipinski definition) is 6. The molecule has 1 aromatic carbocycles. The lowest BCUT2D eigenvalue weighted by Gasteiger charge is -2.42. The van der Waals surface area contributed by atoms with Crippen molar-refractivity contribution < 1.29 is 32.6 Å². The standard InChI is InChI=1S/C18H22N4O2.C2HF3O2/c1-2-3-9-18(21-22-18)10-11-20-16(23)12-24-17(13-19-14-17)15-7-5-4-6-8-15;3-2(4,5)1(6)7/h1,4-8,19H,3,9-14H2,(H,20,23);(H,6,7). The van der Waals surface area contributed by atoms with Gasteiger partial charge in [0.25, 0.3) is 0 Å². The molecule has 31 heavy (non-hydrogen) atoms. The Kier molecular flexibility index (Phi) is 8.13. The van der Waals surface area contributed by atoms with Crippen LogP contribution < -0.4 is 10.6 Å². The third kappa shape index (κ3) is 7.34. The van der Waals surface area contributed by atoms with Gasteiger partial charge in [0.15, 0.2) is 5.66 Å². The van der Waals surface area contributed by atoms with E-state index >= 15 is 0 Å². The third-order valence-corrected chi connectivity index (χ3v) is 4.74. The van der Waals surface area contributed by atoms with Crippen LogP contribution in [0, 0.1) is 12.3 Å². The van der Waals surface area contributed by atoms with Gasteiger partial charge in [-0.2, -0.15) is 23.4 Å². The molecule has 2 aliphatic rings. The molecule has 0 unspecified atom stereocenters. The van der Waals surface area contributed by atoms with E-state index in [1.807, 2.05) is 30.3 Å². The molecule has 8 nitrogen and oxygen atoms in total. The smallest absolute Gasteiger partial charge is 0.475 e. The Morgan fingerprint density at radius 1 is 1.23 bits per heavy atom. The molecule has 2 heterocycles. The lowest BCUT2D eigenvalue weighted by Crippen LogP contribution is -2.59. The first-order chi connectivity index (χ1) is 14.6. The number of benzene rings is 1. The van der Waals surface area contributed by atoms with Crippen molar-refractivity contribution in [2.75, 3.05) is 26.2 Å². The molecular formula is C20H23F3N4O4. The van der Waals surface area contributed by atoms with Crippen molar-refractivity contribution in [1.82, 2.24) is 10.6 Å². The second-order valence-electron chi connectivity index (χ2n) is 7.04. The third-order valence-electron chi connectivity index (χ3n) is 4.74. The highest BCUT2D eigenvalue weighted by atomic mass is 19.4. The van der Waals surface area contributed by atoms with Gasteiger partial charge in [0.2, 0.25) is 5.91 Å². The van der Waals surface area contributed by atoms with Crippen LogP contribution in [0.2, 0.25) is 0 Å². The topological polar surface area (TPSA) is 112 Å². The highest BCUT2D eigenvalue weighted by Gasteiger charge is 2.41. The lowest BCUT2D eigenvalue weighted by atomic mass is 9.88. The maximum atomic E-state index is 12.0. The number of hydrogen-bond donors (Lipinski definition) is 3. The molecule has 11 heteroatoms. The van der Waals surface area contributed by atoms with Gasteiger partial charge in [-0.1, -0.05) is 30.3 Å². The number of amides is 1. The van der Waals surface area contributed by atoms with E-state index in [2.05, 4.69) is 26.8 Å². The molecule has 168 valence electrons. The number of nitrogens with zero attached hydrogens (tertiary/aromatic N) is 2. The van der Waals surface area contributed by atoms with Crippen molar-refractivity contribution in [3.8, 4) is 12.3 Å². The van der Waals surface area contributed by atoms with Crippen molar-refractivity contribution in [2.24, 2.45) is 10.2 Å². The van der Waals surface area contributed by atoms with E-state index in [-0.39, 0.29) is 18.2 Å². The molecule has 1 saturated heterocycles. The number of rotatable bonds is 9. The van der Waals surface area contributed by atoms with Crippen molar-refractivity contribution >= 4 is 11.9 Å². The Labute approximate surface area is 177 Å². The molecule has 3 rings (SSSR count). The summed E-state index contributed by atoms with van der Waals surface area (Å²) >= 11 is 0. The number of carboxylic acid groups (broad SMARTS) is 1. The van der Waals surface area contributed by atoms with Crippen molar-refractivity contribution in [3.05, 3.63) is 35.9 Å². The normalized spacial score (nSPS) is 17.4. The summed E-state index contributed by atoms with van der Waals surface area (Å²) < 4.78 is 37.7. The molecule has 0 bridgehead atoms. The van der Waals surface area contributed by atoms with Crippen LogP contribution in [0.15, 0.2) is 40.6 Å². The van der Waals surface area contributed by atoms with Crippen molar-refractivity contribution in [2.45, 2.75) is 36.7 Å². The average Bonchev–Trinajstić information content (AvgIpc) is 3.46. The van der Waals surface area contributed by atoms with Crippen molar-refractivity contribution in [1.29, 1.82) is 0 Å². The number of carbonyl (C=O) groups is 2. The number of terminal acetylenes is 1. The van der Waals surface area contributed by atoms with Crippen LogP contribution in [0.25, 0.3) is 0 Å². The van der Waals surface area contributed by atoms with Gasteiger partial charge in [-0.25, -0.2) is 4.79 Å². The summed E-state index contributed by atoms with van der Waals surface area (Å²) in [6.45, 7) is 2.01. The summed E-state index contributed by atoms with van der Waals surface area (Å²) in [5, 5.41) is 21.3. The molecule has 0 aromatic heterocycles. The Hall–Kier alpha value is -2.97. The number of halogens is 3. The zero-order valence-corrected chi connectivity index (χ0v) is 16.6. The number of alkyl halides is 3. The lowest BCUT2D eigenvalue weighted by molar-refractivity contribution is -0.192. The average molecular weight is 440 g/mol. The first-order valence-corrected chi connectivity index (χ1v) is 9.47. The van der Waals surface area contributed by atoms with Crippen LogP contribution in [0.3, 0.4) is 0 Å². The van der Waals surface area contributed by atoms with Gasteiger partial charge in [-0.3, -0.25) is 4.79 Å². The van der Waals surface area contributed by atoms with E-state index in [1.165, 1.54) is 0 Å². The molecule has 1 aromatic rings. The Morgan fingerprint density at radius 3 is 2.29 bits per heavy atom. The number of nitrogens with one attached hydrogen (secondary N) is 2. The molecule has 3 N–H and O–H groups in total. The number of aliphatic carboxylic acids is 1. The first kappa shape index (κ1) is 24.3. The van der Waals surface area contributed by atoms with Crippen LogP contribution in [-0.4, -0.2) is 55.1 Å². The van der Waals surface area contributed by atoms with Crippen LogP contribution in [0.4, 0.5) is 13.2 Å². The van der Waals surface area contributed by atoms with E-state index < -0.39 is 17.7 Å². The Morgan fingerprint density at radius 2 is 1.84 bits per heavy atom. The second kappa shape index (κ2) is 10.4. The molecule has 0 spiro atoms. The molecule has 0 aliphatic carbocycles. The largest absolute Gasteiger partial charge is 0.490 e. The van der Waals surface area contributed by atoms with E-state index in [0.717, 1.165) is 25.1 Å². The molecular weight excluding hydrogens is 417 g/mol. The zero-order chi connectivity index (χ0) is 23.0. The predicted molar refractivity (Wildman–Crippen MR) is 104 cm³/mol. The number of ether oxygens (including phenoxy) is 1. The molecule has 0 atom stereocenters. The molecule has 0 radical (unpaired) electrons. The first-order valence-electron chi connectivity index (χ1n) is 9.47. The minimum absolute atomic E-state index is 0.0439. The quantitative estimate of drug-likeness (QED) is 0.510. The van der Waals surface area contributed by atoms with Crippen LogP contribution in [0.1, 0.15) is 24.8 Å². The Balaban J connectivity index is 0.000000423. The fraction of sp³-hybridized carbons (Fsp3) is 0.500. The molecule has 1 amide bonds. The van der Waals surface area contributed by atoms with Gasteiger partial charge in [-0.05, 0) is 5.56 Å². The highest BCUT2D eigenvalue weighted by Crippen LogP contribution is 2.36. The van der Waals surface area contributed by atoms with E-state index in [0.29, 0.717) is 19.4 Å². The van der Waals surface area contributed by atoms with Gasteiger partial charge in [-0.15, -0.1) is 12.3 Å². The molecule has 0 saturated carbocycles. The van der Waals surface area contributed by atoms with Gasteiger partial charge >= 0.3 is 12.1 Å². The fourth-order valence-corrected chi connectivity index (χ4v) is 2.81. The van der Waals surface area contributed by atoms with E-state index in [1.54, 1.807) is 0 Å². The maximum absolute atomic E-state index is 12.0. The minimum Gasteiger partial charge on any atom is -0.475 e. The van der Waals surface area contributed by atoms with Crippen LogP contribution in [-0.2, 0) is 19.9 Å². The zero-order valence-electron chi connectivity index (χ0n) is 16.6. The van der Waals surface area contributed by atoms with Gasteiger partial charge in [0.05, 0.1) is 0 Å². The Bertz CT molecular complexity index is 827. The monoisotopic (exact) mass is 440 g/mol. The minimum atomic E-state index is -5.08. The van der Waals surface area contributed by atoms with E-state index in [4.69, 9.17) is 21.1 Å². The molecule has 1 fully saturated rings. The molecule has 2 aliphatic heterocycles. The SMILES string of the molecule is C#CCCC1(CCNC(=O)COC2(c3ccccc3)CNC2)N=N1.O=C(O)C(F)(F)F. The number of carbonyl (C=O) groups excluding carboxylic acids is 1. The van der Waals surface area contributed by atoms with Crippen LogP contribution in [0.5, 0.6) is 0 Å². The fourth-order valence-electron chi connectivity index (χ4n) is 2.81. The summed E-state index contributed by atoms with van der Waals surface area (Å²) in [7, 11) is 0. The predicted octanol–water partition coefficient (Wildman–Crippen LogP) is 2.22. The van der Waals surface area contributed by atoms with Crippen LogP contribution >= 0.6 is 0 Å².